The number of aromatic nitrogens is 4. The molecule has 35 heavy (non-hydrogen) atoms. The summed E-state index contributed by atoms with van der Waals surface area (Å²) in [6, 6.07) is 8.60. The van der Waals surface area contributed by atoms with Crippen LogP contribution in [0.4, 0.5) is 11.5 Å². The van der Waals surface area contributed by atoms with Gasteiger partial charge in [0.1, 0.15) is 18.3 Å². The van der Waals surface area contributed by atoms with Gasteiger partial charge in [-0.05, 0) is 49.9 Å². The minimum atomic E-state index is -0.770. The van der Waals surface area contributed by atoms with E-state index in [1.165, 1.54) is 31.2 Å². The van der Waals surface area contributed by atoms with E-state index in [9.17, 15) is 5.11 Å². The molecular weight excluding hydrogens is 470 g/mol. The second-order valence-electron chi connectivity index (χ2n) is 10.5. The molecule has 5 heterocycles. The maximum absolute atomic E-state index is 9.90. The zero-order valence-corrected chi connectivity index (χ0v) is 20.5. The van der Waals surface area contributed by atoms with E-state index in [2.05, 4.69) is 39.1 Å². The van der Waals surface area contributed by atoms with E-state index in [-0.39, 0.29) is 23.4 Å². The summed E-state index contributed by atoms with van der Waals surface area (Å²) >= 11 is 6.50. The van der Waals surface area contributed by atoms with Crippen molar-refractivity contribution < 1.29 is 19.3 Å². The molecule has 0 radical (unpaired) electrons. The first-order valence-electron chi connectivity index (χ1n) is 12.3. The Morgan fingerprint density at radius 1 is 1.11 bits per heavy atom. The van der Waals surface area contributed by atoms with E-state index < -0.39 is 24.2 Å². The zero-order chi connectivity index (χ0) is 23.9. The highest BCUT2D eigenvalue weighted by Gasteiger charge is 2.56. The third-order valence-corrected chi connectivity index (χ3v) is 8.17. The maximum Gasteiger partial charge on any atom is 0.226 e. The van der Waals surface area contributed by atoms with Crippen molar-refractivity contribution in [2.45, 2.75) is 75.3 Å². The number of aliphatic hydroxyl groups excluding tert-OH is 1. The highest BCUT2D eigenvalue weighted by atomic mass is 35.5. The number of nitrogens with zero attached hydrogens (tertiary/aromatic N) is 5. The number of fused-ring (bicyclic) bond motifs is 4. The van der Waals surface area contributed by atoms with Crippen molar-refractivity contribution in [1.29, 1.82) is 0 Å². The van der Waals surface area contributed by atoms with Crippen LogP contribution >= 0.6 is 11.6 Å². The number of anilines is 2. The first-order valence-corrected chi connectivity index (χ1v) is 12.7. The van der Waals surface area contributed by atoms with Gasteiger partial charge in [0, 0.05) is 17.6 Å². The first kappa shape index (κ1) is 21.9. The number of aliphatic hydroxyl groups is 1. The number of imidazole rings is 1. The summed E-state index contributed by atoms with van der Waals surface area (Å²) in [6.45, 7) is 4.41. The molecule has 4 atom stereocenters. The number of hydrogen-bond donors (Lipinski definition) is 1. The Hall–Kier alpha value is -2.30. The van der Waals surface area contributed by atoms with Gasteiger partial charge in [-0.1, -0.05) is 31.0 Å². The Morgan fingerprint density at radius 3 is 2.69 bits per heavy atom. The Bertz CT molecular complexity index is 1310. The fourth-order valence-corrected chi connectivity index (χ4v) is 6.74. The fraction of sp³-hybridized carbons (Fsp3) is 0.560. The van der Waals surface area contributed by atoms with Gasteiger partial charge >= 0.3 is 0 Å². The third kappa shape index (κ3) is 3.18. The molecule has 9 nitrogen and oxygen atoms in total. The molecule has 0 bridgehead atoms. The van der Waals surface area contributed by atoms with E-state index in [0.29, 0.717) is 17.0 Å². The van der Waals surface area contributed by atoms with Gasteiger partial charge in [-0.2, -0.15) is 9.97 Å². The first-order chi connectivity index (χ1) is 16.9. The highest BCUT2D eigenvalue weighted by molar-refractivity contribution is 6.28. The van der Waals surface area contributed by atoms with Crippen molar-refractivity contribution >= 4 is 34.3 Å². The van der Waals surface area contributed by atoms with Crippen LogP contribution in [-0.4, -0.2) is 61.9 Å². The van der Waals surface area contributed by atoms with Gasteiger partial charge in [-0.3, -0.25) is 4.57 Å². The van der Waals surface area contributed by atoms with Crippen molar-refractivity contribution in [2.75, 3.05) is 18.1 Å². The molecule has 10 heteroatoms. The van der Waals surface area contributed by atoms with E-state index in [1.807, 2.05) is 18.4 Å². The van der Waals surface area contributed by atoms with Crippen molar-refractivity contribution in [1.82, 2.24) is 19.5 Å². The standard InChI is InChI=1S/C25H28ClN5O4/c1-24(2)34-18-16(11-32)33-22(19(18)35-24)31-13-27-17-20(28-23(26)29-21(17)31)30-12-25(9-5-6-10-25)14-7-3-4-8-15(14)30/h3-4,7-8,13,16,18-19,22,32H,5-6,9-12H2,1-2H3/t16-,18+,19?,22-/m1/s1. The van der Waals surface area contributed by atoms with Crippen LogP contribution < -0.4 is 4.90 Å². The number of para-hydroxylation sites is 1. The summed E-state index contributed by atoms with van der Waals surface area (Å²) in [6.07, 6.45) is 4.65. The smallest absolute Gasteiger partial charge is 0.226 e. The van der Waals surface area contributed by atoms with Crippen molar-refractivity contribution in [2.24, 2.45) is 0 Å². The molecule has 7 rings (SSSR count). The van der Waals surface area contributed by atoms with Crippen LogP contribution in [0, 0.1) is 0 Å². The van der Waals surface area contributed by atoms with Gasteiger partial charge in [-0.15, -0.1) is 0 Å². The molecule has 2 aromatic heterocycles. The molecule has 0 amide bonds. The minimum Gasteiger partial charge on any atom is -0.394 e. The molecule has 1 saturated carbocycles. The lowest BCUT2D eigenvalue weighted by Gasteiger charge is -2.25. The molecule has 4 aliphatic rings. The van der Waals surface area contributed by atoms with E-state index in [4.69, 9.17) is 30.8 Å². The van der Waals surface area contributed by atoms with Gasteiger partial charge < -0.3 is 24.2 Å². The molecule has 1 spiro atoms. The van der Waals surface area contributed by atoms with Crippen LogP contribution in [0.1, 0.15) is 51.3 Å². The van der Waals surface area contributed by atoms with Crippen LogP contribution in [0.2, 0.25) is 5.28 Å². The molecule has 1 N–H and O–H groups in total. The summed E-state index contributed by atoms with van der Waals surface area (Å²) in [4.78, 5) is 16.2. The Balaban J connectivity index is 1.33. The van der Waals surface area contributed by atoms with Gasteiger partial charge in [0.05, 0.1) is 12.9 Å². The topological polar surface area (TPSA) is 94.8 Å². The number of hydrogen-bond acceptors (Lipinski definition) is 8. The summed E-state index contributed by atoms with van der Waals surface area (Å²) in [5.74, 6) is -0.0690. The normalized spacial score (nSPS) is 30.5. The molecular formula is C25H28ClN5O4. The molecule has 3 aromatic rings. The molecule has 1 aliphatic carbocycles. The van der Waals surface area contributed by atoms with E-state index in [0.717, 1.165) is 12.2 Å². The van der Waals surface area contributed by atoms with Gasteiger partial charge in [-0.25, -0.2) is 4.98 Å². The number of halogens is 1. The average molecular weight is 498 g/mol. The predicted octanol–water partition coefficient (Wildman–Crippen LogP) is 3.85. The predicted molar refractivity (Wildman–Crippen MR) is 129 cm³/mol. The van der Waals surface area contributed by atoms with E-state index >= 15 is 0 Å². The van der Waals surface area contributed by atoms with Gasteiger partial charge in [0.15, 0.2) is 29.0 Å². The van der Waals surface area contributed by atoms with Gasteiger partial charge in [0.25, 0.3) is 0 Å². The number of benzene rings is 1. The molecule has 1 aromatic carbocycles. The van der Waals surface area contributed by atoms with Crippen LogP contribution in [0.3, 0.4) is 0 Å². The van der Waals surface area contributed by atoms with Crippen molar-refractivity contribution in [3.05, 3.63) is 41.4 Å². The second kappa shape index (κ2) is 7.60. The lowest BCUT2D eigenvalue weighted by atomic mass is 9.81. The van der Waals surface area contributed by atoms with Gasteiger partial charge in [0.2, 0.25) is 5.28 Å². The quantitative estimate of drug-likeness (QED) is 0.545. The van der Waals surface area contributed by atoms with Crippen molar-refractivity contribution in [3.8, 4) is 0 Å². The van der Waals surface area contributed by atoms with Crippen LogP contribution in [-0.2, 0) is 19.6 Å². The van der Waals surface area contributed by atoms with Crippen molar-refractivity contribution in [3.63, 3.8) is 0 Å². The SMILES string of the molecule is CC1(C)OC2[C@@H](O1)[C@@H](CO)O[C@H]2n1cnc2c(N3CC4(CCCC4)c4ccccc43)nc(Cl)nc21. The molecule has 1 unspecified atom stereocenters. The molecule has 3 aliphatic heterocycles. The monoisotopic (exact) mass is 497 g/mol. The summed E-state index contributed by atoms with van der Waals surface area (Å²) in [5, 5.41) is 10.0. The van der Waals surface area contributed by atoms with Crippen LogP contribution in [0.25, 0.3) is 11.2 Å². The maximum atomic E-state index is 9.90. The average Bonchev–Trinajstić information content (AvgIpc) is 3.63. The summed E-state index contributed by atoms with van der Waals surface area (Å²) in [7, 11) is 0. The number of rotatable bonds is 3. The molecule has 3 fully saturated rings. The highest BCUT2D eigenvalue weighted by Crippen LogP contribution is 2.53. The fourth-order valence-electron chi connectivity index (χ4n) is 6.58. The second-order valence-corrected chi connectivity index (χ2v) is 10.9. The molecule has 2 saturated heterocycles. The minimum absolute atomic E-state index is 0.139. The summed E-state index contributed by atoms with van der Waals surface area (Å²) in [5.41, 5.74) is 3.91. The lowest BCUT2D eigenvalue weighted by molar-refractivity contribution is -0.199. The Morgan fingerprint density at radius 2 is 1.89 bits per heavy atom. The van der Waals surface area contributed by atoms with Crippen LogP contribution in [0.5, 0.6) is 0 Å². The third-order valence-electron chi connectivity index (χ3n) is 8.00. The molecule has 184 valence electrons. The lowest BCUT2D eigenvalue weighted by Crippen LogP contribution is -2.31. The largest absolute Gasteiger partial charge is 0.394 e. The van der Waals surface area contributed by atoms with Crippen LogP contribution in [0.15, 0.2) is 30.6 Å². The van der Waals surface area contributed by atoms with E-state index in [1.54, 1.807) is 6.33 Å². The Labute approximate surface area is 208 Å². The summed E-state index contributed by atoms with van der Waals surface area (Å²) < 4.78 is 20.2. The zero-order valence-electron chi connectivity index (χ0n) is 19.7. The Kier molecular flexibility index (Phi) is 4.76. The number of ether oxygens (including phenoxy) is 3.